The summed E-state index contributed by atoms with van der Waals surface area (Å²) in [5, 5.41) is 12.7. The normalized spacial score (nSPS) is 13.1. The van der Waals surface area contributed by atoms with E-state index < -0.39 is 5.54 Å². The van der Waals surface area contributed by atoms with Gasteiger partial charge >= 0.3 is 0 Å². The molecule has 0 bridgehead atoms. The summed E-state index contributed by atoms with van der Waals surface area (Å²) in [5.41, 5.74) is 8.26. The van der Waals surface area contributed by atoms with Crippen LogP contribution in [0.25, 0.3) is 28.3 Å². The highest BCUT2D eigenvalue weighted by atomic mass is 16.3. The fourth-order valence-corrected chi connectivity index (χ4v) is 4.40. The highest BCUT2D eigenvalue weighted by molar-refractivity contribution is 5.94. The minimum Gasteiger partial charge on any atom is -0.461 e. The molecule has 0 radical (unpaired) electrons. The fourth-order valence-electron chi connectivity index (χ4n) is 4.40. The molecule has 0 aliphatic rings. The summed E-state index contributed by atoms with van der Waals surface area (Å²) in [6.07, 6.45) is 3.17. The minimum absolute atomic E-state index is 0.106. The molecular weight excluding hydrogens is 470 g/mol. The number of hydrogen-bond acceptors (Lipinski definition) is 8. The van der Waals surface area contributed by atoms with E-state index in [1.165, 1.54) is 4.52 Å². The van der Waals surface area contributed by atoms with Gasteiger partial charge in [0.2, 0.25) is 11.8 Å². The first kappa shape index (κ1) is 22.4. The van der Waals surface area contributed by atoms with Gasteiger partial charge in [0, 0.05) is 5.69 Å². The molecule has 1 amide bonds. The van der Waals surface area contributed by atoms with Gasteiger partial charge in [-0.05, 0) is 43.7 Å². The van der Waals surface area contributed by atoms with Crippen molar-refractivity contribution in [1.82, 2.24) is 39.7 Å². The Morgan fingerprint density at radius 1 is 1.03 bits per heavy atom. The van der Waals surface area contributed by atoms with Crippen LogP contribution in [-0.4, -0.2) is 40.3 Å². The standard InChI is InChI=1S/C26H23N9O2/c1-16-8-6-11-18(30-16)14-28-24(36)26(2,17-9-4-3-5-10-17)35-23-19(15-29-35)22-31-21(20-12-7-13-37-20)33-34(22)25(27)32-23/h3-13,15H,14H2,1-2H3,(H2,27,32)(H,28,36)/t26-/m1/s1. The third kappa shape index (κ3) is 3.68. The van der Waals surface area contributed by atoms with Crippen LogP contribution in [0.5, 0.6) is 0 Å². The molecule has 5 heterocycles. The van der Waals surface area contributed by atoms with Crippen LogP contribution >= 0.6 is 0 Å². The number of nitrogens with two attached hydrogens (primary N) is 1. The smallest absolute Gasteiger partial charge is 0.252 e. The Balaban J connectivity index is 1.48. The molecule has 6 aromatic rings. The molecule has 37 heavy (non-hydrogen) atoms. The molecule has 0 unspecified atom stereocenters. The van der Waals surface area contributed by atoms with Gasteiger partial charge in [-0.3, -0.25) is 9.78 Å². The quantitative estimate of drug-likeness (QED) is 0.360. The Hall–Kier alpha value is -5.06. The van der Waals surface area contributed by atoms with E-state index in [0.717, 1.165) is 17.0 Å². The number of pyridine rings is 1. The number of amides is 1. The average Bonchev–Trinajstić information content (AvgIpc) is 3.67. The van der Waals surface area contributed by atoms with Crippen molar-refractivity contribution < 1.29 is 9.21 Å². The predicted molar refractivity (Wildman–Crippen MR) is 136 cm³/mol. The number of aryl methyl sites for hydroxylation is 1. The summed E-state index contributed by atoms with van der Waals surface area (Å²) >= 11 is 0. The summed E-state index contributed by atoms with van der Waals surface area (Å²) in [7, 11) is 0. The highest BCUT2D eigenvalue weighted by Crippen LogP contribution is 2.31. The molecule has 11 nitrogen and oxygen atoms in total. The van der Waals surface area contributed by atoms with Crippen LogP contribution in [0.15, 0.2) is 77.5 Å². The number of anilines is 1. The van der Waals surface area contributed by atoms with Crippen molar-refractivity contribution in [2.24, 2.45) is 0 Å². The van der Waals surface area contributed by atoms with E-state index in [9.17, 15) is 4.79 Å². The lowest BCUT2D eigenvalue weighted by Gasteiger charge is -2.29. The molecule has 0 spiro atoms. The third-order valence-electron chi connectivity index (χ3n) is 6.35. The summed E-state index contributed by atoms with van der Waals surface area (Å²) in [6.45, 7) is 3.97. The van der Waals surface area contributed by atoms with Crippen LogP contribution in [0.4, 0.5) is 5.95 Å². The van der Waals surface area contributed by atoms with Crippen LogP contribution in [-0.2, 0) is 16.9 Å². The lowest BCUT2D eigenvalue weighted by molar-refractivity contribution is -0.127. The number of carbonyl (C=O) groups excluding carboxylic acids is 1. The number of fused-ring (bicyclic) bond motifs is 3. The van der Waals surface area contributed by atoms with Crippen LogP contribution in [0.1, 0.15) is 23.9 Å². The second kappa shape index (κ2) is 8.55. The van der Waals surface area contributed by atoms with Crippen LogP contribution in [0, 0.1) is 6.92 Å². The van der Waals surface area contributed by atoms with E-state index in [-0.39, 0.29) is 18.4 Å². The van der Waals surface area contributed by atoms with Crippen molar-refractivity contribution in [3.8, 4) is 11.6 Å². The number of hydrogen-bond donors (Lipinski definition) is 2. The molecule has 0 fully saturated rings. The van der Waals surface area contributed by atoms with Gasteiger partial charge in [-0.1, -0.05) is 36.4 Å². The lowest BCUT2D eigenvalue weighted by atomic mass is 9.91. The Bertz CT molecular complexity index is 1740. The van der Waals surface area contributed by atoms with Gasteiger partial charge in [0.05, 0.1) is 30.1 Å². The summed E-state index contributed by atoms with van der Waals surface area (Å²) in [4.78, 5) is 27.6. The van der Waals surface area contributed by atoms with Crippen molar-refractivity contribution in [3.63, 3.8) is 0 Å². The van der Waals surface area contributed by atoms with E-state index in [4.69, 9.17) is 10.2 Å². The summed E-state index contributed by atoms with van der Waals surface area (Å²) < 4.78 is 8.46. The zero-order chi connectivity index (χ0) is 25.6. The van der Waals surface area contributed by atoms with E-state index in [0.29, 0.717) is 28.3 Å². The molecule has 3 N–H and O–H groups in total. The zero-order valence-corrected chi connectivity index (χ0v) is 20.2. The SMILES string of the molecule is Cc1cccc(CNC(=O)[C@@](C)(c2ccccc2)n2ncc3c2nc(N)n2nc(-c4ccco4)nc32)n1. The van der Waals surface area contributed by atoms with Gasteiger partial charge < -0.3 is 15.5 Å². The maximum Gasteiger partial charge on any atom is 0.252 e. The van der Waals surface area contributed by atoms with E-state index in [1.54, 1.807) is 36.2 Å². The summed E-state index contributed by atoms with van der Waals surface area (Å²) in [6, 6.07) is 18.6. The first-order chi connectivity index (χ1) is 17.9. The maximum absolute atomic E-state index is 13.9. The number of benzene rings is 1. The average molecular weight is 494 g/mol. The van der Waals surface area contributed by atoms with Crippen LogP contribution in [0.2, 0.25) is 0 Å². The molecule has 11 heteroatoms. The molecule has 0 aliphatic carbocycles. The van der Waals surface area contributed by atoms with Crippen molar-refractivity contribution in [2.75, 3.05) is 5.73 Å². The molecule has 0 saturated heterocycles. The van der Waals surface area contributed by atoms with Gasteiger partial charge in [-0.25, -0.2) is 9.67 Å². The molecule has 1 aromatic carbocycles. The first-order valence-electron chi connectivity index (χ1n) is 11.7. The Kier molecular flexibility index (Phi) is 5.18. The molecule has 5 aromatic heterocycles. The number of nitrogen functional groups attached to an aromatic ring is 1. The number of rotatable bonds is 6. The van der Waals surface area contributed by atoms with Crippen molar-refractivity contribution in [3.05, 3.63) is 90.1 Å². The fraction of sp³-hybridized carbons (Fsp3) is 0.154. The highest BCUT2D eigenvalue weighted by Gasteiger charge is 2.40. The lowest BCUT2D eigenvalue weighted by Crippen LogP contribution is -2.48. The van der Waals surface area contributed by atoms with Gasteiger partial charge in [-0.2, -0.15) is 14.6 Å². The largest absolute Gasteiger partial charge is 0.461 e. The van der Waals surface area contributed by atoms with Gasteiger partial charge in [0.25, 0.3) is 5.91 Å². The minimum atomic E-state index is -1.26. The number of nitrogens with one attached hydrogen (secondary N) is 1. The Morgan fingerprint density at radius 2 is 1.86 bits per heavy atom. The van der Waals surface area contributed by atoms with Gasteiger partial charge in [0.1, 0.15) is 0 Å². The van der Waals surface area contributed by atoms with Gasteiger partial charge in [0.15, 0.2) is 22.6 Å². The number of aromatic nitrogens is 7. The van der Waals surface area contributed by atoms with Crippen molar-refractivity contribution in [1.29, 1.82) is 0 Å². The number of nitrogens with zero attached hydrogens (tertiary/aromatic N) is 7. The molecular formula is C26H23N9O2. The predicted octanol–water partition coefficient (Wildman–Crippen LogP) is 3.10. The monoisotopic (exact) mass is 493 g/mol. The first-order valence-corrected chi connectivity index (χ1v) is 11.7. The molecule has 0 aliphatic heterocycles. The van der Waals surface area contributed by atoms with Crippen LogP contribution in [0.3, 0.4) is 0 Å². The molecule has 0 saturated carbocycles. The maximum atomic E-state index is 13.9. The molecule has 6 rings (SSSR count). The second-order valence-corrected chi connectivity index (χ2v) is 8.80. The summed E-state index contributed by atoms with van der Waals surface area (Å²) in [5.74, 6) is 0.703. The van der Waals surface area contributed by atoms with Crippen molar-refractivity contribution in [2.45, 2.75) is 25.9 Å². The van der Waals surface area contributed by atoms with E-state index in [1.807, 2.05) is 55.5 Å². The topological polar surface area (TPSA) is 142 Å². The molecule has 184 valence electrons. The zero-order valence-electron chi connectivity index (χ0n) is 20.2. The van der Waals surface area contributed by atoms with E-state index in [2.05, 4.69) is 30.5 Å². The van der Waals surface area contributed by atoms with Crippen molar-refractivity contribution >= 4 is 28.5 Å². The third-order valence-corrected chi connectivity index (χ3v) is 6.35. The second-order valence-electron chi connectivity index (χ2n) is 8.80. The number of carbonyl (C=O) groups is 1. The molecule has 1 atom stereocenters. The van der Waals surface area contributed by atoms with E-state index >= 15 is 0 Å². The Labute approximate surface area is 211 Å². The van der Waals surface area contributed by atoms with Gasteiger partial charge in [-0.15, -0.1) is 5.10 Å². The number of furan rings is 1. The Morgan fingerprint density at radius 3 is 2.62 bits per heavy atom. The van der Waals surface area contributed by atoms with Crippen LogP contribution < -0.4 is 11.1 Å².